The Morgan fingerprint density at radius 3 is 2.56 bits per heavy atom. The minimum Gasteiger partial charge on any atom is -0.349 e. The highest BCUT2D eigenvalue weighted by atomic mass is 16.2. The number of aromatic nitrogens is 1. The van der Waals surface area contributed by atoms with Crippen molar-refractivity contribution >= 4 is 11.8 Å². The second-order valence-corrected chi connectivity index (χ2v) is 7.77. The molecule has 1 aromatic rings. The monoisotopic (exact) mass is 345 g/mol. The number of hydrogen-bond donors (Lipinski definition) is 0. The van der Waals surface area contributed by atoms with Gasteiger partial charge in [-0.1, -0.05) is 0 Å². The summed E-state index contributed by atoms with van der Waals surface area (Å²) in [6, 6.07) is 2.03. The Hall–Kier alpha value is -1.78. The van der Waals surface area contributed by atoms with E-state index in [-0.39, 0.29) is 17.2 Å². The lowest BCUT2D eigenvalue weighted by atomic mass is 9.73. The van der Waals surface area contributed by atoms with Gasteiger partial charge >= 0.3 is 0 Å². The van der Waals surface area contributed by atoms with Gasteiger partial charge in [-0.2, -0.15) is 0 Å². The summed E-state index contributed by atoms with van der Waals surface area (Å²) in [6.07, 6.45) is 3.69. The molecule has 2 aliphatic rings. The van der Waals surface area contributed by atoms with E-state index in [9.17, 15) is 9.59 Å². The summed E-state index contributed by atoms with van der Waals surface area (Å²) >= 11 is 0. The third-order valence-electron chi connectivity index (χ3n) is 6.20. The number of carbonyl (C=O) groups is 2. The molecule has 1 aromatic heterocycles. The molecule has 5 heteroatoms. The van der Waals surface area contributed by atoms with Crippen LogP contribution in [0.3, 0.4) is 0 Å². The van der Waals surface area contributed by atoms with E-state index >= 15 is 0 Å². The molecule has 2 saturated heterocycles. The Morgan fingerprint density at radius 1 is 1.16 bits per heavy atom. The van der Waals surface area contributed by atoms with Crippen LogP contribution in [0, 0.1) is 19.3 Å². The van der Waals surface area contributed by atoms with Gasteiger partial charge in [-0.25, -0.2) is 0 Å². The second kappa shape index (κ2) is 6.85. The predicted molar refractivity (Wildman–Crippen MR) is 98.6 cm³/mol. The molecule has 0 bridgehead atoms. The molecule has 0 aromatic carbocycles. The van der Waals surface area contributed by atoms with Crippen LogP contribution in [0.15, 0.2) is 6.07 Å². The normalized spacial score (nSPS) is 24.2. The average Bonchev–Trinajstić information content (AvgIpc) is 2.90. The van der Waals surface area contributed by atoms with Crippen molar-refractivity contribution in [3.8, 4) is 0 Å². The summed E-state index contributed by atoms with van der Waals surface area (Å²) in [6.45, 7) is 12.3. The van der Waals surface area contributed by atoms with Crippen LogP contribution in [0.25, 0.3) is 0 Å². The Balaban J connectivity index is 1.79. The van der Waals surface area contributed by atoms with Gasteiger partial charge < -0.3 is 14.4 Å². The van der Waals surface area contributed by atoms with Gasteiger partial charge in [0, 0.05) is 55.9 Å². The number of nitrogens with zero attached hydrogens (tertiary/aromatic N) is 3. The molecule has 0 unspecified atom stereocenters. The van der Waals surface area contributed by atoms with E-state index in [2.05, 4.69) is 18.4 Å². The Bertz CT molecular complexity index is 679. The van der Waals surface area contributed by atoms with Crippen molar-refractivity contribution in [3.05, 3.63) is 23.0 Å². The topological polar surface area (TPSA) is 45.5 Å². The van der Waals surface area contributed by atoms with Crippen molar-refractivity contribution < 1.29 is 9.59 Å². The number of carbonyl (C=O) groups excluding carboxylic acids is 2. The highest BCUT2D eigenvalue weighted by Gasteiger charge is 2.42. The molecule has 2 fully saturated rings. The fraction of sp³-hybridized carbons (Fsp3) is 0.700. The first-order chi connectivity index (χ1) is 11.9. The minimum absolute atomic E-state index is 0.0914. The van der Waals surface area contributed by atoms with Gasteiger partial charge in [0.25, 0.3) is 5.91 Å². The molecule has 2 aliphatic heterocycles. The van der Waals surface area contributed by atoms with Gasteiger partial charge in [-0.05, 0) is 53.0 Å². The second-order valence-electron chi connectivity index (χ2n) is 7.77. The maximum absolute atomic E-state index is 13.2. The fourth-order valence-electron chi connectivity index (χ4n) is 4.78. The van der Waals surface area contributed by atoms with Crippen molar-refractivity contribution in [2.75, 3.05) is 26.2 Å². The van der Waals surface area contributed by atoms with Crippen LogP contribution in [-0.2, 0) is 11.3 Å². The number of aryl methyl sites for hydroxylation is 1. The zero-order valence-corrected chi connectivity index (χ0v) is 16.1. The lowest BCUT2D eigenvalue weighted by Crippen LogP contribution is -2.55. The molecule has 25 heavy (non-hydrogen) atoms. The van der Waals surface area contributed by atoms with Crippen molar-refractivity contribution in [1.82, 2.24) is 14.4 Å². The summed E-state index contributed by atoms with van der Waals surface area (Å²) in [7, 11) is 0. The summed E-state index contributed by atoms with van der Waals surface area (Å²) in [4.78, 5) is 29.2. The van der Waals surface area contributed by atoms with E-state index in [4.69, 9.17) is 0 Å². The van der Waals surface area contributed by atoms with Gasteiger partial charge in [-0.3, -0.25) is 9.59 Å². The van der Waals surface area contributed by atoms with E-state index in [1.165, 1.54) is 0 Å². The van der Waals surface area contributed by atoms with Crippen molar-refractivity contribution in [2.45, 2.75) is 59.9 Å². The molecule has 5 nitrogen and oxygen atoms in total. The Morgan fingerprint density at radius 2 is 1.92 bits per heavy atom. The van der Waals surface area contributed by atoms with E-state index in [0.29, 0.717) is 6.42 Å². The zero-order valence-electron chi connectivity index (χ0n) is 16.1. The van der Waals surface area contributed by atoms with Crippen molar-refractivity contribution in [1.29, 1.82) is 0 Å². The number of likely N-dealkylation sites (tertiary alicyclic amines) is 2. The van der Waals surface area contributed by atoms with E-state index in [1.54, 1.807) is 0 Å². The third kappa shape index (κ3) is 3.21. The van der Waals surface area contributed by atoms with Gasteiger partial charge in [0.15, 0.2) is 0 Å². The maximum atomic E-state index is 13.2. The lowest BCUT2D eigenvalue weighted by Gasteiger charge is -2.48. The molecule has 1 spiro atoms. The summed E-state index contributed by atoms with van der Waals surface area (Å²) in [5, 5.41) is 0. The quantitative estimate of drug-likeness (QED) is 0.845. The number of hydrogen-bond acceptors (Lipinski definition) is 2. The smallest absolute Gasteiger partial charge is 0.255 e. The average molecular weight is 345 g/mol. The van der Waals surface area contributed by atoms with Gasteiger partial charge in [0.2, 0.25) is 5.91 Å². The molecule has 2 amide bonds. The van der Waals surface area contributed by atoms with Crippen LogP contribution < -0.4 is 0 Å². The van der Waals surface area contributed by atoms with E-state index in [0.717, 1.165) is 68.9 Å². The number of rotatable bonds is 3. The van der Waals surface area contributed by atoms with E-state index < -0.39 is 0 Å². The molecule has 1 atom stereocenters. The van der Waals surface area contributed by atoms with Gasteiger partial charge in [0.1, 0.15) is 0 Å². The molecule has 3 heterocycles. The van der Waals surface area contributed by atoms with Crippen LogP contribution in [0.2, 0.25) is 0 Å². The van der Waals surface area contributed by atoms with Gasteiger partial charge in [0.05, 0.1) is 5.56 Å². The van der Waals surface area contributed by atoms with Crippen LogP contribution in [0.4, 0.5) is 0 Å². The van der Waals surface area contributed by atoms with Crippen molar-refractivity contribution in [2.24, 2.45) is 5.41 Å². The standard InChI is InChI=1S/C20H31N3O2/c1-5-21-13-20(10-8-18(21)24)9-7-11-22(14-20)19(25)17-12-15(3)23(6-2)16(17)4/h12H,5-11,13-14H2,1-4H3/t20-/m0/s1. The summed E-state index contributed by atoms with van der Waals surface area (Å²) in [5.41, 5.74) is 3.15. The first-order valence-electron chi connectivity index (χ1n) is 9.64. The van der Waals surface area contributed by atoms with Crippen LogP contribution in [0.1, 0.15) is 61.3 Å². The zero-order chi connectivity index (χ0) is 18.2. The van der Waals surface area contributed by atoms with Crippen LogP contribution in [0.5, 0.6) is 0 Å². The molecule has 0 radical (unpaired) electrons. The first kappa shape index (κ1) is 18.0. The molecule has 0 aliphatic carbocycles. The van der Waals surface area contributed by atoms with Crippen LogP contribution in [-0.4, -0.2) is 52.4 Å². The van der Waals surface area contributed by atoms with E-state index in [1.807, 2.05) is 29.7 Å². The molecule has 0 N–H and O–H groups in total. The number of amides is 2. The highest BCUT2D eigenvalue weighted by molar-refractivity contribution is 5.96. The highest BCUT2D eigenvalue weighted by Crippen LogP contribution is 2.39. The van der Waals surface area contributed by atoms with Crippen LogP contribution >= 0.6 is 0 Å². The minimum atomic E-state index is 0.0914. The first-order valence-corrected chi connectivity index (χ1v) is 9.64. The largest absolute Gasteiger partial charge is 0.349 e. The predicted octanol–water partition coefficient (Wildman–Crippen LogP) is 2.99. The SMILES string of the molecule is CCN1C[C@]2(CCCN(C(=O)c3cc(C)n(CC)c3C)C2)CCC1=O. The van der Waals surface area contributed by atoms with Crippen molar-refractivity contribution in [3.63, 3.8) is 0 Å². The molecule has 138 valence electrons. The Kier molecular flexibility index (Phi) is 4.94. The van der Waals surface area contributed by atoms with Gasteiger partial charge in [-0.15, -0.1) is 0 Å². The summed E-state index contributed by atoms with van der Waals surface area (Å²) < 4.78 is 2.20. The summed E-state index contributed by atoms with van der Waals surface area (Å²) in [5.74, 6) is 0.426. The molecule has 0 saturated carbocycles. The lowest BCUT2D eigenvalue weighted by molar-refractivity contribution is -0.138. The molecular weight excluding hydrogens is 314 g/mol. The molecule has 3 rings (SSSR count). The molecular formula is C20H31N3O2. The Labute approximate surface area is 151 Å². The number of piperidine rings is 2. The third-order valence-corrected chi connectivity index (χ3v) is 6.20. The maximum Gasteiger partial charge on any atom is 0.255 e. The fourth-order valence-corrected chi connectivity index (χ4v) is 4.78.